The maximum absolute atomic E-state index is 2.38. The lowest BCUT2D eigenvalue weighted by atomic mass is 10.0. The minimum absolute atomic E-state index is 1.10. The zero-order valence-corrected chi connectivity index (χ0v) is 32.4. The van der Waals surface area contributed by atoms with Crippen LogP contribution in [0.1, 0.15) is 0 Å². The fourth-order valence-electron chi connectivity index (χ4n) is 8.47. The molecule has 0 spiro atoms. The molecule has 11 aromatic rings. The number of anilines is 6. The van der Waals surface area contributed by atoms with E-state index < -0.39 is 0 Å². The smallest absolute Gasteiger partial charge is 0.0547 e. The summed E-state index contributed by atoms with van der Waals surface area (Å²) in [6, 6.07) is 81.0. The summed E-state index contributed by atoms with van der Waals surface area (Å²) >= 11 is 1.85. The van der Waals surface area contributed by atoms with Crippen molar-refractivity contribution in [1.29, 1.82) is 0 Å². The molecule has 4 heteroatoms. The van der Waals surface area contributed by atoms with Crippen LogP contribution < -0.4 is 9.80 Å². The molecule has 0 amide bonds. The van der Waals surface area contributed by atoms with E-state index >= 15 is 0 Å². The number of nitrogens with zero attached hydrogens (tertiary/aromatic N) is 3. The minimum atomic E-state index is 1.10. The van der Waals surface area contributed by atoms with Crippen LogP contribution in [0.5, 0.6) is 0 Å². The molecule has 0 N–H and O–H groups in total. The standard InChI is InChI=1S/C54H37N3S/c1-5-15-40(16-6-1)55(41-17-7-2-8-18-41)45-30-33-53-49(36-45)50-37-46(31-34-54(50)58-53)56(42-19-9-3-10-20-42)44-28-25-38(26-29-44)39-27-32-48-47-23-13-14-24-51(47)57(52(48)35-39)43-21-11-4-12-22-43/h1-37H. The van der Waals surface area contributed by atoms with Gasteiger partial charge in [-0.2, -0.15) is 0 Å². The van der Waals surface area contributed by atoms with Crippen molar-refractivity contribution in [3.8, 4) is 16.8 Å². The highest BCUT2D eigenvalue weighted by atomic mass is 32.1. The van der Waals surface area contributed by atoms with Crippen LogP contribution in [0, 0.1) is 0 Å². The van der Waals surface area contributed by atoms with Gasteiger partial charge in [-0.1, -0.05) is 115 Å². The molecular weight excluding hydrogens is 723 g/mol. The second-order valence-corrected chi connectivity index (χ2v) is 15.7. The van der Waals surface area contributed by atoms with Gasteiger partial charge < -0.3 is 14.4 Å². The van der Waals surface area contributed by atoms with Crippen LogP contribution in [-0.2, 0) is 0 Å². The molecule has 2 heterocycles. The Morgan fingerprint density at radius 1 is 0.293 bits per heavy atom. The molecule has 58 heavy (non-hydrogen) atoms. The van der Waals surface area contributed by atoms with Crippen molar-refractivity contribution in [3.63, 3.8) is 0 Å². The van der Waals surface area contributed by atoms with Crippen LogP contribution in [0.25, 0.3) is 58.8 Å². The van der Waals surface area contributed by atoms with Crippen molar-refractivity contribution < 1.29 is 0 Å². The molecule has 0 aliphatic rings. The second-order valence-electron chi connectivity index (χ2n) is 14.6. The van der Waals surface area contributed by atoms with Crippen LogP contribution in [0.4, 0.5) is 34.1 Å². The van der Waals surface area contributed by atoms with E-state index in [1.807, 2.05) is 11.3 Å². The third-order valence-electron chi connectivity index (χ3n) is 11.1. The Hall–Kier alpha value is -7.40. The van der Waals surface area contributed by atoms with Crippen LogP contribution in [0.2, 0.25) is 0 Å². The lowest BCUT2D eigenvalue weighted by molar-refractivity contribution is 1.18. The number of para-hydroxylation sites is 5. The van der Waals surface area contributed by atoms with Gasteiger partial charge in [0.2, 0.25) is 0 Å². The van der Waals surface area contributed by atoms with Gasteiger partial charge in [0, 0.05) is 70.8 Å². The van der Waals surface area contributed by atoms with E-state index in [0.717, 1.165) is 39.8 Å². The number of hydrogen-bond donors (Lipinski definition) is 0. The van der Waals surface area contributed by atoms with Gasteiger partial charge in [-0.25, -0.2) is 0 Å². The van der Waals surface area contributed by atoms with Crippen molar-refractivity contribution >= 4 is 87.4 Å². The summed E-state index contributed by atoms with van der Waals surface area (Å²) in [6.45, 7) is 0. The van der Waals surface area contributed by atoms with Gasteiger partial charge in [0.05, 0.1) is 11.0 Å². The quantitative estimate of drug-likeness (QED) is 0.153. The van der Waals surface area contributed by atoms with Crippen molar-refractivity contribution in [1.82, 2.24) is 4.57 Å². The van der Waals surface area contributed by atoms with Crippen LogP contribution in [-0.4, -0.2) is 4.57 Å². The molecule has 0 atom stereocenters. The van der Waals surface area contributed by atoms with Gasteiger partial charge in [-0.3, -0.25) is 0 Å². The van der Waals surface area contributed by atoms with Gasteiger partial charge in [0.15, 0.2) is 0 Å². The van der Waals surface area contributed by atoms with E-state index in [4.69, 9.17) is 0 Å². The van der Waals surface area contributed by atoms with Crippen molar-refractivity contribution in [2.75, 3.05) is 9.80 Å². The summed E-state index contributed by atoms with van der Waals surface area (Å²) in [5.41, 5.74) is 12.7. The molecule has 274 valence electrons. The first kappa shape index (κ1) is 33.9. The Morgan fingerprint density at radius 2 is 0.724 bits per heavy atom. The van der Waals surface area contributed by atoms with Gasteiger partial charge >= 0.3 is 0 Å². The Balaban J connectivity index is 1.00. The molecule has 0 saturated carbocycles. The lowest BCUT2D eigenvalue weighted by Gasteiger charge is -2.26. The number of fused-ring (bicyclic) bond motifs is 6. The van der Waals surface area contributed by atoms with Crippen molar-refractivity contribution in [2.45, 2.75) is 0 Å². The molecule has 3 nitrogen and oxygen atoms in total. The summed E-state index contributed by atoms with van der Waals surface area (Å²) < 4.78 is 4.93. The topological polar surface area (TPSA) is 11.4 Å². The minimum Gasteiger partial charge on any atom is -0.310 e. The maximum atomic E-state index is 2.38. The predicted octanol–water partition coefficient (Wildman–Crippen LogP) is 15.8. The SMILES string of the molecule is c1ccc(N(c2ccccc2)c2ccc3sc4ccc(N(c5ccccc5)c5ccc(-c6ccc7c8ccccc8n(-c8ccccc8)c7c6)cc5)cc4c3c2)cc1. The highest BCUT2D eigenvalue weighted by molar-refractivity contribution is 7.25. The lowest BCUT2D eigenvalue weighted by Crippen LogP contribution is -2.09. The molecular formula is C54H37N3S. The zero-order valence-electron chi connectivity index (χ0n) is 31.6. The first-order chi connectivity index (χ1) is 28.8. The van der Waals surface area contributed by atoms with Crippen LogP contribution in [0.3, 0.4) is 0 Å². The summed E-state index contributed by atoms with van der Waals surface area (Å²) in [6.07, 6.45) is 0. The average Bonchev–Trinajstić information content (AvgIpc) is 3.83. The van der Waals surface area contributed by atoms with E-state index in [2.05, 4.69) is 239 Å². The van der Waals surface area contributed by atoms with E-state index in [1.54, 1.807) is 0 Å². The summed E-state index contributed by atoms with van der Waals surface area (Å²) in [7, 11) is 0. The maximum Gasteiger partial charge on any atom is 0.0547 e. The van der Waals surface area contributed by atoms with E-state index in [1.165, 1.54) is 53.1 Å². The molecule has 0 radical (unpaired) electrons. The van der Waals surface area contributed by atoms with Crippen molar-refractivity contribution in [2.24, 2.45) is 0 Å². The summed E-state index contributed by atoms with van der Waals surface area (Å²) in [5, 5.41) is 5.02. The molecule has 2 aromatic heterocycles. The van der Waals surface area contributed by atoms with E-state index in [9.17, 15) is 0 Å². The van der Waals surface area contributed by atoms with Gasteiger partial charge in [0.25, 0.3) is 0 Å². The van der Waals surface area contributed by atoms with Crippen molar-refractivity contribution in [3.05, 3.63) is 224 Å². The number of benzene rings is 9. The highest BCUT2D eigenvalue weighted by Gasteiger charge is 2.18. The molecule has 11 rings (SSSR count). The van der Waals surface area contributed by atoms with Crippen LogP contribution in [0.15, 0.2) is 224 Å². The van der Waals surface area contributed by atoms with Crippen LogP contribution >= 0.6 is 11.3 Å². The number of rotatable bonds is 8. The fraction of sp³-hybridized carbons (Fsp3) is 0. The summed E-state index contributed by atoms with van der Waals surface area (Å²) in [4.78, 5) is 4.71. The zero-order chi connectivity index (χ0) is 38.4. The summed E-state index contributed by atoms with van der Waals surface area (Å²) in [5.74, 6) is 0. The van der Waals surface area contributed by atoms with Gasteiger partial charge in [-0.05, 0) is 120 Å². The second kappa shape index (κ2) is 14.3. The Labute approximate surface area is 341 Å². The molecule has 0 unspecified atom stereocenters. The third-order valence-corrected chi connectivity index (χ3v) is 12.3. The molecule has 0 aliphatic carbocycles. The Bertz CT molecular complexity index is 3170. The van der Waals surface area contributed by atoms with E-state index in [-0.39, 0.29) is 0 Å². The fourth-order valence-corrected chi connectivity index (χ4v) is 9.53. The molecule has 0 saturated heterocycles. The molecule has 0 aliphatic heterocycles. The Morgan fingerprint density at radius 3 is 1.28 bits per heavy atom. The average molecular weight is 760 g/mol. The monoisotopic (exact) mass is 759 g/mol. The predicted molar refractivity (Wildman–Crippen MR) is 248 cm³/mol. The van der Waals surface area contributed by atoms with E-state index in [0.29, 0.717) is 0 Å². The first-order valence-electron chi connectivity index (χ1n) is 19.7. The van der Waals surface area contributed by atoms with Gasteiger partial charge in [0.1, 0.15) is 0 Å². The highest BCUT2D eigenvalue weighted by Crippen LogP contribution is 2.44. The Kier molecular flexibility index (Phi) is 8.34. The van der Waals surface area contributed by atoms with Gasteiger partial charge in [-0.15, -0.1) is 11.3 Å². The largest absolute Gasteiger partial charge is 0.310 e. The molecule has 0 bridgehead atoms. The number of aromatic nitrogens is 1. The number of hydrogen-bond acceptors (Lipinski definition) is 3. The normalized spacial score (nSPS) is 11.4. The first-order valence-corrected chi connectivity index (χ1v) is 20.5. The molecule has 0 fully saturated rings. The number of thiophene rings is 1. The molecule has 9 aromatic carbocycles. The third kappa shape index (κ3) is 5.90.